The fraction of sp³-hybridized carbons (Fsp3) is 0.588. The quantitative estimate of drug-likeness (QED) is 0.863. The van der Waals surface area contributed by atoms with E-state index in [4.69, 9.17) is 4.74 Å². The Morgan fingerprint density at radius 1 is 1.38 bits per heavy atom. The van der Waals surface area contributed by atoms with Gasteiger partial charge in [-0.3, -0.25) is 0 Å². The van der Waals surface area contributed by atoms with Crippen LogP contribution in [0.4, 0.5) is 13.6 Å². The van der Waals surface area contributed by atoms with Gasteiger partial charge in [-0.2, -0.15) is 0 Å². The van der Waals surface area contributed by atoms with Crippen molar-refractivity contribution in [2.45, 2.75) is 44.9 Å². The van der Waals surface area contributed by atoms with Crippen molar-refractivity contribution in [3.05, 3.63) is 35.4 Å². The fourth-order valence-electron chi connectivity index (χ4n) is 2.89. The van der Waals surface area contributed by atoms with Crippen molar-refractivity contribution in [2.24, 2.45) is 0 Å². The minimum absolute atomic E-state index is 0.144. The largest absolute Gasteiger partial charge is 0.450 e. The van der Waals surface area contributed by atoms with E-state index in [1.54, 1.807) is 18.7 Å². The Morgan fingerprint density at radius 2 is 2.04 bits per heavy atom. The first-order chi connectivity index (χ1) is 11.4. The SMILES string of the molecule is CCOC(=O)N1CCC(NC(C)C(O)c2ccc(F)c(F)c2)CC1. The van der Waals surface area contributed by atoms with Gasteiger partial charge < -0.3 is 20.1 Å². The molecule has 0 saturated carbocycles. The van der Waals surface area contributed by atoms with Crippen LogP contribution >= 0.6 is 0 Å². The lowest BCUT2D eigenvalue weighted by molar-refractivity contribution is 0.0872. The molecule has 0 aromatic heterocycles. The molecule has 7 heteroatoms. The highest BCUT2D eigenvalue weighted by atomic mass is 19.2. The number of halogens is 2. The number of piperidine rings is 1. The van der Waals surface area contributed by atoms with E-state index in [0.29, 0.717) is 25.3 Å². The highest BCUT2D eigenvalue weighted by Crippen LogP contribution is 2.21. The van der Waals surface area contributed by atoms with E-state index in [0.717, 1.165) is 25.0 Å². The molecule has 0 radical (unpaired) electrons. The van der Waals surface area contributed by atoms with Crippen LogP contribution in [0, 0.1) is 11.6 Å². The maximum Gasteiger partial charge on any atom is 0.409 e. The van der Waals surface area contributed by atoms with Gasteiger partial charge in [-0.05, 0) is 44.4 Å². The molecule has 2 rings (SSSR count). The summed E-state index contributed by atoms with van der Waals surface area (Å²) in [5, 5.41) is 13.6. The number of benzene rings is 1. The number of nitrogens with zero attached hydrogens (tertiary/aromatic N) is 1. The van der Waals surface area contributed by atoms with E-state index in [9.17, 15) is 18.7 Å². The number of amides is 1. The smallest absolute Gasteiger partial charge is 0.409 e. The average molecular weight is 342 g/mol. The number of aliphatic hydroxyl groups excluding tert-OH is 1. The van der Waals surface area contributed by atoms with E-state index >= 15 is 0 Å². The van der Waals surface area contributed by atoms with Gasteiger partial charge in [0.15, 0.2) is 11.6 Å². The van der Waals surface area contributed by atoms with Crippen LogP contribution in [0.5, 0.6) is 0 Å². The maximum absolute atomic E-state index is 13.3. The molecule has 1 aliphatic rings. The van der Waals surface area contributed by atoms with Gasteiger partial charge in [0.25, 0.3) is 0 Å². The molecule has 1 fully saturated rings. The lowest BCUT2D eigenvalue weighted by Gasteiger charge is -2.34. The number of aliphatic hydroxyl groups is 1. The summed E-state index contributed by atoms with van der Waals surface area (Å²) in [6.07, 6.45) is 0.246. The number of rotatable bonds is 5. The summed E-state index contributed by atoms with van der Waals surface area (Å²) in [5.41, 5.74) is 0.331. The van der Waals surface area contributed by atoms with E-state index in [2.05, 4.69) is 5.32 Å². The lowest BCUT2D eigenvalue weighted by Crippen LogP contribution is -2.48. The minimum Gasteiger partial charge on any atom is -0.450 e. The van der Waals surface area contributed by atoms with Crippen LogP contribution in [-0.2, 0) is 4.74 Å². The van der Waals surface area contributed by atoms with Crippen LogP contribution in [0.25, 0.3) is 0 Å². The summed E-state index contributed by atoms with van der Waals surface area (Å²) < 4.78 is 31.2. The number of ether oxygens (including phenoxy) is 1. The van der Waals surface area contributed by atoms with Crippen LogP contribution in [0.2, 0.25) is 0 Å². The lowest BCUT2D eigenvalue weighted by atomic mass is 9.99. The second-order valence-electron chi connectivity index (χ2n) is 6.03. The molecular weight excluding hydrogens is 318 g/mol. The summed E-state index contributed by atoms with van der Waals surface area (Å²) in [5.74, 6) is -1.90. The molecule has 2 N–H and O–H groups in total. The van der Waals surface area contributed by atoms with Gasteiger partial charge in [0.05, 0.1) is 12.7 Å². The molecule has 0 aliphatic carbocycles. The molecule has 0 bridgehead atoms. The Balaban J connectivity index is 1.85. The molecule has 2 unspecified atom stereocenters. The van der Waals surface area contributed by atoms with Crippen molar-refractivity contribution < 1.29 is 23.4 Å². The molecule has 1 aromatic carbocycles. The summed E-state index contributed by atoms with van der Waals surface area (Å²) in [6.45, 7) is 5.10. The van der Waals surface area contributed by atoms with Crippen molar-refractivity contribution in [2.75, 3.05) is 19.7 Å². The number of likely N-dealkylation sites (tertiary alicyclic amines) is 1. The molecule has 2 atom stereocenters. The first-order valence-corrected chi connectivity index (χ1v) is 8.23. The van der Waals surface area contributed by atoms with E-state index in [1.165, 1.54) is 6.07 Å². The van der Waals surface area contributed by atoms with Crippen molar-refractivity contribution in [3.8, 4) is 0 Å². The first kappa shape index (κ1) is 18.6. The Labute approximate surface area is 140 Å². The Hall–Kier alpha value is -1.73. The molecule has 1 saturated heterocycles. The van der Waals surface area contributed by atoms with Crippen LogP contribution in [-0.4, -0.2) is 47.9 Å². The molecule has 1 aromatic rings. The molecule has 1 aliphatic heterocycles. The second-order valence-corrected chi connectivity index (χ2v) is 6.03. The predicted octanol–water partition coefficient (Wildman–Crippen LogP) is 2.60. The summed E-state index contributed by atoms with van der Waals surface area (Å²) in [6, 6.07) is 3.23. The highest BCUT2D eigenvalue weighted by Gasteiger charge is 2.26. The monoisotopic (exact) mass is 342 g/mol. The molecular formula is C17H24F2N2O3. The Bertz CT molecular complexity index is 563. The zero-order valence-electron chi connectivity index (χ0n) is 14.0. The van der Waals surface area contributed by atoms with Crippen LogP contribution in [0.15, 0.2) is 18.2 Å². The van der Waals surface area contributed by atoms with E-state index < -0.39 is 17.7 Å². The van der Waals surface area contributed by atoms with Gasteiger partial charge in [0.1, 0.15) is 0 Å². The third-order valence-corrected chi connectivity index (χ3v) is 4.28. The highest BCUT2D eigenvalue weighted by molar-refractivity contribution is 5.67. The molecule has 24 heavy (non-hydrogen) atoms. The summed E-state index contributed by atoms with van der Waals surface area (Å²) >= 11 is 0. The number of hydrogen-bond acceptors (Lipinski definition) is 4. The zero-order valence-corrected chi connectivity index (χ0v) is 14.0. The average Bonchev–Trinajstić information content (AvgIpc) is 2.57. The maximum atomic E-state index is 13.3. The zero-order chi connectivity index (χ0) is 17.7. The molecule has 1 amide bonds. The third-order valence-electron chi connectivity index (χ3n) is 4.28. The number of carbonyl (C=O) groups excluding carboxylic acids is 1. The molecule has 134 valence electrons. The minimum atomic E-state index is -0.971. The molecule has 1 heterocycles. The first-order valence-electron chi connectivity index (χ1n) is 8.23. The van der Waals surface area contributed by atoms with Crippen molar-refractivity contribution in [1.82, 2.24) is 10.2 Å². The summed E-state index contributed by atoms with van der Waals surface area (Å²) in [7, 11) is 0. The Kier molecular flexibility index (Phi) is 6.51. The third kappa shape index (κ3) is 4.64. The van der Waals surface area contributed by atoms with Crippen molar-refractivity contribution >= 4 is 6.09 Å². The molecule has 5 nitrogen and oxygen atoms in total. The van der Waals surface area contributed by atoms with E-state index in [1.807, 2.05) is 0 Å². The van der Waals surface area contributed by atoms with Crippen molar-refractivity contribution in [1.29, 1.82) is 0 Å². The second kappa shape index (κ2) is 8.39. The van der Waals surface area contributed by atoms with Gasteiger partial charge in [0, 0.05) is 25.2 Å². The van der Waals surface area contributed by atoms with Gasteiger partial charge in [-0.1, -0.05) is 6.07 Å². The number of carbonyl (C=O) groups is 1. The topological polar surface area (TPSA) is 61.8 Å². The van der Waals surface area contributed by atoms with Gasteiger partial charge in [-0.15, -0.1) is 0 Å². The normalized spacial score (nSPS) is 18.3. The summed E-state index contributed by atoms with van der Waals surface area (Å²) in [4.78, 5) is 13.3. The fourth-order valence-corrected chi connectivity index (χ4v) is 2.89. The number of nitrogens with one attached hydrogen (secondary N) is 1. The standard InChI is InChI=1S/C17H24F2N2O3/c1-3-24-17(23)21-8-6-13(7-9-21)20-11(2)16(22)12-4-5-14(18)15(19)10-12/h4-5,10-11,13,16,20,22H,3,6-9H2,1-2H3. The van der Waals surface area contributed by atoms with Gasteiger partial charge in [0.2, 0.25) is 0 Å². The van der Waals surface area contributed by atoms with Gasteiger partial charge >= 0.3 is 6.09 Å². The van der Waals surface area contributed by atoms with E-state index in [-0.39, 0.29) is 18.2 Å². The van der Waals surface area contributed by atoms with Crippen molar-refractivity contribution in [3.63, 3.8) is 0 Å². The van der Waals surface area contributed by atoms with Crippen LogP contribution in [0.1, 0.15) is 38.4 Å². The van der Waals surface area contributed by atoms with Crippen LogP contribution < -0.4 is 5.32 Å². The van der Waals surface area contributed by atoms with Gasteiger partial charge in [-0.25, -0.2) is 13.6 Å². The Morgan fingerprint density at radius 3 is 2.62 bits per heavy atom. The predicted molar refractivity (Wildman–Crippen MR) is 85.5 cm³/mol. The van der Waals surface area contributed by atoms with Crippen LogP contribution in [0.3, 0.4) is 0 Å². The molecule has 0 spiro atoms. The number of hydrogen-bond donors (Lipinski definition) is 2.